The number of nitrogens with one attached hydrogen (secondary N) is 1. The van der Waals surface area contributed by atoms with Crippen molar-refractivity contribution in [1.29, 1.82) is 0 Å². The van der Waals surface area contributed by atoms with Crippen LogP contribution < -0.4 is 5.32 Å². The van der Waals surface area contributed by atoms with Crippen LogP contribution in [0.25, 0.3) is 0 Å². The SMILES string of the molecule is CC(C)CC1CCC(C(=O)NC(C)C)CC1. The third-order valence-corrected chi connectivity index (χ3v) is 3.45. The molecular formula is C14H27NO. The Labute approximate surface area is 100 Å². The first-order valence-corrected chi connectivity index (χ1v) is 6.79. The molecular weight excluding hydrogens is 198 g/mol. The normalized spacial score (nSPS) is 26.1. The third-order valence-electron chi connectivity index (χ3n) is 3.45. The average molecular weight is 225 g/mol. The molecule has 1 aliphatic rings. The van der Waals surface area contributed by atoms with Gasteiger partial charge in [-0.3, -0.25) is 4.79 Å². The molecule has 0 aromatic rings. The summed E-state index contributed by atoms with van der Waals surface area (Å²) in [6, 6.07) is 0.279. The Hall–Kier alpha value is -0.530. The van der Waals surface area contributed by atoms with Crippen LogP contribution in [-0.2, 0) is 4.79 Å². The molecule has 0 unspecified atom stereocenters. The van der Waals surface area contributed by atoms with E-state index >= 15 is 0 Å². The van der Waals surface area contributed by atoms with Crippen molar-refractivity contribution in [3.8, 4) is 0 Å². The van der Waals surface area contributed by atoms with Crippen molar-refractivity contribution in [2.45, 2.75) is 65.8 Å². The van der Waals surface area contributed by atoms with Gasteiger partial charge >= 0.3 is 0 Å². The van der Waals surface area contributed by atoms with Gasteiger partial charge in [-0.2, -0.15) is 0 Å². The van der Waals surface area contributed by atoms with E-state index in [0.717, 1.165) is 24.7 Å². The van der Waals surface area contributed by atoms with E-state index in [1.165, 1.54) is 19.3 Å². The van der Waals surface area contributed by atoms with Crippen molar-refractivity contribution in [3.05, 3.63) is 0 Å². The van der Waals surface area contributed by atoms with Gasteiger partial charge in [0.05, 0.1) is 0 Å². The van der Waals surface area contributed by atoms with Crippen molar-refractivity contribution in [1.82, 2.24) is 5.32 Å². The number of hydrogen-bond acceptors (Lipinski definition) is 1. The van der Waals surface area contributed by atoms with E-state index in [1.54, 1.807) is 0 Å². The molecule has 0 bridgehead atoms. The van der Waals surface area contributed by atoms with Crippen LogP contribution in [0.15, 0.2) is 0 Å². The molecule has 2 heteroatoms. The summed E-state index contributed by atoms with van der Waals surface area (Å²) in [4.78, 5) is 11.8. The van der Waals surface area contributed by atoms with Crippen LogP contribution in [0.4, 0.5) is 0 Å². The summed E-state index contributed by atoms with van der Waals surface area (Å²) in [6.45, 7) is 8.64. The summed E-state index contributed by atoms with van der Waals surface area (Å²) in [5.41, 5.74) is 0. The second-order valence-corrected chi connectivity index (χ2v) is 6.01. The molecule has 0 heterocycles. The lowest BCUT2D eigenvalue weighted by atomic mass is 9.78. The van der Waals surface area contributed by atoms with Gasteiger partial charge in [0.1, 0.15) is 0 Å². The van der Waals surface area contributed by atoms with Crippen molar-refractivity contribution in [3.63, 3.8) is 0 Å². The van der Waals surface area contributed by atoms with E-state index in [1.807, 2.05) is 13.8 Å². The number of carbonyl (C=O) groups is 1. The molecule has 0 spiro atoms. The van der Waals surface area contributed by atoms with E-state index in [0.29, 0.717) is 0 Å². The van der Waals surface area contributed by atoms with Crippen LogP contribution in [0.2, 0.25) is 0 Å². The monoisotopic (exact) mass is 225 g/mol. The fraction of sp³-hybridized carbons (Fsp3) is 0.929. The standard InChI is InChI=1S/C14H27NO/c1-10(2)9-12-5-7-13(8-6-12)14(16)15-11(3)4/h10-13H,5-9H2,1-4H3,(H,15,16). The van der Waals surface area contributed by atoms with Crippen LogP contribution in [-0.4, -0.2) is 11.9 Å². The molecule has 0 atom stereocenters. The van der Waals surface area contributed by atoms with Gasteiger partial charge in [-0.15, -0.1) is 0 Å². The van der Waals surface area contributed by atoms with Gasteiger partial charge in [0.15, 0.2) is 0 Å². The quantitative estimate of drug-likeness (QED) is 0.781. The molecule has 0 aliphatic heterocycles. The van der Waals surface area contributed by atoms with Gasteiger partial charge in [-0.1, -0.05) is 13.8 Å². The predicted octanol–water partition coefficient (Wildman–Crippen LogP) is 3.36. The molecule has 1 fully saturated rings. The first-order chi connectivity index (χ1) is 7.49. The maximum atomic E-state index is 11.8. The highest BCUT2D eigenvalue weighted by Crippen LogP contribution is 2.32. The minimum absolute atomic E-state index is 0.276. The Morgan fingerprint density at radius 1 is 1.12 bits per heavy atom. The summed E-state index contributed by atoms with van der Waals surface area (Å²) in [5.74, 6) is 2.22. The molecule has 0 aromatic carbocycles. The van der Waals surface area contributed by atoms with Gasteiger partial charge in [-0.25, -0.2) is 0 Å². The molecule has 1 aliphatic carbocycles. The molecule has 1 saturated carbocycles. The highest BCUT2D eigenvalue weighted by molar-refractivity contribution is 5.78. The Morgan fingerprint density at radius 3 is 2.12 bits per heavy atom. The molecule has 0 saturated heterocycles. The fourth-order valence-electron chi connectivity index (χ4n) is 2.73. The Kier molecular flexibility index (Phi) is 5.30. The first-order valence-electron chi connectivity index (χ1n) is 6.79. The largest absolute Gasteiger partial charge is 0.354 e. The topological polar surface area (TPSA) is 29.1 Å². The van der Waals surface area contributed by atoms with Gasteiger partial charge < -0.3 is 5.32 Å². The molecule has 1 rings (SSSR count). The summed E-state index contributed by atoms with van der Waals surface area (Å²) < 4.78 is 0. The van der Waals surface area contributed by atoms with Crippen LogP contribution in [0, 0.1) is 17.8 Å². The lowest BCUT2D eigenvalue weighted by Gasteiger charge is -2.29. The van der Waals surface area contributed by atoms with E-state index in [9.17, 15) is 4.79 Å². The van der Waals surface area contributed by atoms with Crippen LogP contribution in [0.5, 0.6) is 0 Å². The number of carbonyl (C=O) groups excluding carboxylic acids is 1. The molecule has 1 N–H and O–H groups in total. The lowest BCUT2D eigenvalue weighted by molar-refractivity contribution is -0.126. The lowest BCUT2D eigenvalue weighted by Crippen LogP contribution is -2.37. The van der Waals surface area contributed by atoms with E-state index in [-0.39, 0.29) is 17.9 Å². The third kappa shape index (κ3) is 4.54. The number of amides is 1. The second kappa shape index (κ2) is 6.27. The molecule has 0 aromatic heterocycles. The number of hydrogen-bond donors (Lipinski definition) is 1. The molecule has 0 radical (unpaired) electrons. The number of rotatable bonds is 4. The second-order valence-electron chi connectivity index (χ2n) is 6.01. The van der Waals surface area contributed by atoms with Crippen molar-refractivity contribution in [2.75, 3.05) is 0 Å². The Morgan fingerprint density at radius 2 is 1.69 bits per heavy atom. The maximum Gasteiger partial charge on any atom is 0.223 e. The minimum atomic E-state index is 0.276. The zero-order valence-corrected chi connectivity index (χ0v) is 11.3. The van der Waals surface area contributed by atoms with Gasteiger partial charge in [-0.05, 0) is 57.8 Å². The van der Waals surface area contributed by atoms with E-state index in [4.69, 9.17) is 0 Å². The minimum Gasteiger partial charge on any atom is -0.354 e. The summed E-state index contributed by atoms with van der Waals surface area (Å²) >= 11 is 0. The van der Waals surface area contributed by atoms with Gasteiger partial charge in [0.25, 0.3) is 0 Å². The van der Waals surface area contributed by atoms with Gasteiger partial charge in [0.2, 0.25) is 5.91 Å². The predicted molar refractivity (Wildman–Crippen MR) is 68.2 cm³/mol. The Balaban J connectivity index is 2.28. The van der Waals surface area contributed by atoms with Crippen molar-refractivity contribution >= 4 is 5.91 Å². The van der Waals surface area contributed by atoms with E-state index in [2.05, 4.69) is 19.2 Å². The highest BCUT2D eigenvalue weighted by atomic mass is 16.1. The van der Waals surface area contributed by atoms with Crippen molar-refractivity contribution < 1.29 is 4.79 Å². The summed E-state index contributed by atoms with van der Waals surface area (Å²) in [5, 5.41) is 3.03. The zero-order valence-electron chi connectivity index (χ0n) is 11.3. The Bertz CT molecular complexity index is 215. The van der Waals surface area contributed by atoms with Crippen LogP contribution >= 0.6 is 0 Å². The van der Waals surface area contributed by atoms with Crippen molar-refractivity contribution in [2.24, 2.45) is 17.8 Å². The van der Waals surface area contributed by atoms with Gasteiger partial charge in [0, 0.05) is 12.0 Å². The highest BCUT2D eigenvalue weighted by Gasteiger charge is 2.26. The molecule has 1 amide bonds. The smallest absolute Gasteiger partial charge is 0.223 e. The summed E-state index contributed by atoms with van der Waals surface area (Å²) in [6.07, 6.45) is 6.01. The van der Waals surface area contributed by atoms with Crippen LogP contribution in [0.1, 0.15) is 59.8 Å². The average Bonchev–Trinajstić information content (AvgIpc) is 2.16. The first kappa shape index (κ1) is 13.5. The molecule has 16 heavy (non-hydrogen) atoms. The maximum absolute atomic E-state index is 11.8. The molecule has 2 nitrogen and oxygen atoms in total. The van der Waals surface area contributed by atoms with E-state index < -0.39 is 0 Å². The molecule has 94 valence electrons. The summed E-state index contributed by atoms with van der Waals surface area (Å²) in [7, 11) is 0. The fourth-order valence-corrected chi connectivity index (χ4v) is 2.73. The van der Waals surface area contributed by atoms with Crippen LogP contribution in [0.3, 0.4) is 0 Å². The zero-order chi connectivity index (χ0) is 12.1.